The third-order valence-electron chi connectivity index (χ3n) is 2.21. The Morgan fingerprint density at radius 2 is 2.10 bits per heavy atom. The van der Waals surface area contributed by atoms with Crippen molar-refractivity contribution in [2.24, 2.45) is 5.14 Å². The van der Waals surface area contributed by atoms with Crippen LogP contribution in [0.1, 0.15) is 0 Å². The summed E-state index contributed by atoms with van der Waals surface area (Å²) in [7, 11) is -2.48. The van der Waals surface area contributed by atoms with Gasteiger partial charge in [-0.3, -0.25) is 4.79 Å². The summed E-state index contributed by atoms with van der Waals surface area (Å²) in [5.41, 5.74) is -0.281. The lowest BCUT2D eigenvalue weighted by Gasteiger charge is -2.08. The number of amides is 1. The van der Waals surface area contributed by atoms with Crippen LogP contribution >= 0.6 is 0 Å². The molecule has 0 aliphatic carbocycles. The molecule has 112 valence electrons. The molecule has 0 bridgehead atoms. The highest BCUT2D eigenvalue weighted by Gasteiger charge is 2.13. The van der Waals surface area contributed by atoms with Gasteiger partial charge in [-0.25, -0.2) is 17.9 Å². The first-order valence-corrected chi connectivity index (χ1v) is 7.08. The second kappa shape index (κ2) is 7.29. The van der Waals surface area contributed by atoms with E-state index >= 15 is 0 Å². The standard InChI is InChI=1S/C11H15FN2O5S/c1-18-4-5-19-7-11(15)14-10-6-8(20(13,16)17)2-3-9(10)12/h2-3,6H,4-5,7H2,1H3,(H,14,15)(H2,13,16,17). The topological polar surface area (TPSA) is 108 Å². The number of hydrogen-bond donors (Lipinski definition) is 2. The van der Waals surface area contributed by atoms with Crippen molar-refractivity contribution in [3.8, 4) is 0 Å². The molecule has 0 aliphatic heterocycles. The number of benzene rings is 1. The predicted octanol–water partition coefficient (Wildman–Crippen LogP) is 0.0746. The van der Waals surface area contributed by atoms with E-state index in [9.17, 15) is 17.6 Å². The highest BCUT2D eigenvalue weighted by molar-refractivity contribution is 7.89. The molecule has 0 saturated heterocycles. The summed E-state index contributed by atoms with van der Waals surface area (Å²) >= 11 is 0. The summed E-state index contributed by atoms with van der Waals surface area (Å²) < 4.78 is 45.4. The molecule has 0 unspecified atom stereocenters. The summed E-state index contributed by atoms with van der Waals surface area (Å²) in [6, 6.07) is 2.86. The van der Waals surface area contributed by atoms with Gasteiger partial charge in [-0.05, 0) is 18.2 Å². The van der Waals surface area contributed by atoms with Crippen LogP contribution in [0.4, 0.5) is 10.1 Å². The van der Waals surface area contributed by atoms with Crippen molar-refractivity contribution in [3.63, 3.8) is 0 Å². The molecular weight excluding hydrogens is 291 g/mol. The Balaban J connectivity index is 2.69. The lowest BCUT2D eigenvalue weighted by molar-refractivity contribution is -0.121. The number of halogens is 1. The molecule has 1 amide bonds. The van der Waals surface area contributed by atoms with Gasteiger partial charge in [-0.2, -0.15) is 0 Å². The summed E-state index contributed by atoms with van der Waals surface area (Å²) in [6.45, 7) is 0.231. The Bertz CT molecular complexity index is 576. The number of anilines is 1. The van der Waals surface area contributed by atoms with Crippen molar-refractivity contribution in [1.82, 2.24) is 0 Å². The molecule has 20 heavy (non-hydrogen) atoms. The number of carbonyl (C=O) groups is 1. The van der Waals surface area contributed by atoms with E-state index in [1.807, 2.05) is 0 Å². The van der Waals surface area contributed by atoms with Crippen LogP contribution in [0.3, 0.4) is 0 Å². The quantitative estimate of drug-likeness (QED) is 0.693. The number of sulfonamides is 1. The van der Waals surface area contributed by atoms with Crippen molar-refractivity contribution in [3.05, 3.63) is 24.0 Å². The zero-order valence-corrected chi connectivity index (χ0v) is 11.6. The van der Waals surface area contributed by atoms with Gasteiger partial charge in [0.05, 0.1) is 23.8 Å². The molecule has 0 aromatic heterocycles. The maximum atomic E-state index is 13.4. The molecule has 0 aliphatic rings. The Kier molecular flexibility index (Phi) is 6.02. The smallest absolute Gasteiger partial charge is 0.250 e. The van der Waals surface area contributed by atoms with Gasteiger partial charge < -0.3 is 14.8 Å². The van der Waals surface area contributed by atoms with E-state index in [0.29, 0.717) is 6.61 Å². The van der Waals surface area contributed by atoms with Crippen LogP contribution in [0.2, 0.25) is 0 Å². The van der Waals surface area contributed by atoms with Crippen molar-refractivity contribution in [2.45, 2.75) is 4.90 Å². The van der Waals surface area contributed by atoms with Gasteiger partial charge in [0.2, 0.25) is 15.9 Å². The van der Waals surface area contributed by atoms with E-state index in [1.165, 1.54) is 7.11 Å². The molecule has 9 heteroatoms. The molecule has 0 spiro atoms. The fourth-order valence-corrected chi connectivity index (χ4v) is 1.81. The van der Waals surface area contributed by atoms with E-state index < -0.39 is 21.7 Å². The fourth-order valence-electron chi connectivity index (χ4n) is 1.27. The van der Waals surface area contributed by atoms with Gasteiger partial charge in [0.1, 0.15) is 12.4 Å². The molecule has 0 radical (unpaired) electrons. The first-order chi connectivity index (χ1) is 9.34. The van der Waals surface area contributed by atoms with Crippen LogP contribution in [0, 0.1) is 5.82 Å². The van der Waals surface area contributed by atoms with Gasteiger partial charge in [0.15, 0.2) is 0 Å². The number of nitrogens with one attached hydrogen (secondary N) is 1. The normalized spacial score (nSPS) is 11.3. The molecule has 0 fully saturated rings. The van der Waals surface area contributed by atoms with Gasteiger partial charge >= 0.3 is 0 Å². The zero-order valence-electron chi connectivity index (χ0n) is 10.8. The third kappa shape index (κ3) is 5.21. The Morgan fingerprint density at radius 1 is 1.40 bits per heavy atom. The lowest BCUT2D eigenvalue weighted by Crippen LogP contribution is -2.21. The largest absolute Gasteiger partial charge is 0.382 e. The van der Waals surface area contributed by atoms with Crippen molar-refractivity contribution >= 4 is 21.6 Å². The van der Waals surface area contributed by atoms with Crippen LogP contribution in [0.15, 0.2) is 23.1 Å². The van der Waals surface area contributed by atoms with E-state index in [2.05, 4.69) is 5.32 Å². The van der Waals surface area contributed by atoms with Crippen molar-refractivity contribution in [1.29, 1.82) is 0 Å². The molecular formula is C11H15FN2O5S. The monoisotopic (exact) mass is 306 g/mol. The lowest BCUT2D eigenvalue weighted by atomic mass is 10.3. The Morgan fingerprint density at radius 3 is 2.70 bits per heavy atom. The van der Waals surface area contributed by atoms with Gasteiger partial charge in [0.25, 0.3) is 0 Å². The molecule has 3 N–H and O–H groups in total. The molecule has 0 heterocycles. The van der Waals surface area contributed by atoms with E-state index in [0.717, 1.165) is 18.2 Å². The maximum absolute atomic E-state index is 13.4. The molecule has 1 aromatic rings. The summed E-state index contributed by atoms with van der Waals surface area (Å²) in [4.78, 5) is 11.2. The SMILES string of the molecule is COCCOCC(=O)Nc1cc(S(N)(=O)=O)ccc1F. The Labute approximate surface area is 115 Å². The number of rotatable bonds is 7. The van der Waals surface area contributed by atoms with Gasteiger partial charge in [-0.15, -0.1) is 0 Å². The minimum atomic E-state index is -3.97. The second-order valence-corrected chi connectivity index (χ2v) is 5.34. The second-order valence-electron chi connectivity index (χ2n) is 3.78. The number of nitrogens with two attached hydrogens (primary N) is 1. The van der Waals surface area contributed by atoms with Crippen LogP contribution in [-0.4, -0.2) is 41.3 Å². The van der Waals surface area contributed by atoms with E-state index in [4.69, 9.17) is 14.6 Å². The minimum absolute atomic E-state index is 0.212. The Hall–Kier alpha value is -1.55. The molecule has 7 nitrogen and oxygen atoms in total. The number of ether oxygens (including phenoxy) is 2. The van der Waals surface area contributed by atoms with Crippen LogP contribution in [-0.2, 0) is 24.3 Å². The summed E-state index contributed by atoms with van der Waals surface area (Å²) in [5.74, 6) is -1.39. The van der Waals surface area contributed by atoms with Gasteiger partial charge in [0, 0.05) is 7.11 Å². The minimum Gasteiger partial charge on any atom is -0.382 e. The molecule has 1 rings (SSSR count). The van der Waals surface area contributed by atoms with Crippen LogP contribution in [0.25, 0.3) is 0 Å². The highest BCUT2D eigenvalue weighted by atomic mass is 32.2. The fraction of sp³-hybridized carbons (Fsp3) is 0.364. The highest BCUT2D eigenvalue weighted by Crippen LogP contribution is 2.18. The van der Waals surface area contributed by atoms with Crippen LogP contribution in [0.5, 0.6) is 0 Å². The first-order valence-electron chi connectivity index (χ1n) is 5.53. The molecule has 1 aromatic carbocycles. The predicted molar refractivity (Wildman–Crippen MR) is 69.1 cm³/mol. The number of hydrogen-bond acceptors (Lipinski definition) is 5. The van der Waals surface area contributed by atoms with Gasteiger partial charge in [-0.1, -0.05) is 0 Å². The average molecular weight is 306 g/mol. The van der Waals surface area contributed by atoms with Crippen LogP contribution < -0.4 is 10.5 Å². The number of primary sulfonamides is 1. The van der Waals surface area contributed by atoms with E-state index in [-0.39, 0.29) is 23.8 Å². The number of carbonyl (C=O) groups excluding carboxylic acids is 1. The van der Waals surface area contributed by atoms with Crippen molar-refractivity contribution in [2.75, 3.05) is 32.2 Å². The maximum Gasteiger partial charge on any atom is 0.250 e. The number of methoxy groups -OCH3 is 1. The van der Waals surface area contributed by atoms with Crippen molar-refractivity contribution < 1.29 is 27.1 Å². The average Bonchev–Trinajstić information content (AvgIpc) is 2.36. The molecule has 0 atom stereocenters. The third-order valence-corrected chi connectivity index (χ3v) is 3.12. The summed E-state index contributed by atoms with van der Waals surface area (Å²) in [6.07, 6.45) is 0. The first kappa shape index (κ1) is 16.5. The summed E-state index contributed by atoms with van der Waals surface area (Å²) in [5, 5.41) is 7.12. The zero-order chi connectivity index (χ0) is 15.2. The van der Waals surface area contributed by atoms with E-state index in [1.54, 1.807) is 0 Å². The molecule has 0 saturated carbocycles.